The summed E-state index contributed by atoms with van der Waals surface area (Å²) >= 11 is 0. The van der Waals surface area contributed by atoms with E-state index in [1.54, 1.807) is 0 Å². The molecule has 0 fully saturated rings. The van der Waals surface area contributed by atoms with Crippen LogP contribution in [0.3, 0.4) is 0 Å². The van der Waals surface area contributed by atoms with E-state index in [1.165, 1.54) is 24.3 Å². The molecule has 1 aliphatic rings. The number of carbonyl (C=O) groups excluding carboxylic acids is 1. The number of nitrogens with zero attached hydrogens (tertiary/aromatic N) is 1. The van der Waals surface area contributed by atoms with E-state index in [9.17, 15) is 22.4 Å². The quantitative estimate of drug-likeness (QED) is 0.845. The van der Waals surface area contributed by atoms with Crippen molar-refractivity contribution in [2.75, 3.05) is 0 Å². The SMILES string of the molecule is NC(=O)c1ccc2c(c1)CNC2[C@H](c1ncccc1F)C(F)(F)F. The van der Waals surface area contributed by atoms with Crippen molar-refractivity contribution in [2.24, 2.45) is 5.73 Å². The van der Waals surface area contributed by atoms with Crippen LogP contribution >= 0.6 is 0 Å². The van der Waals surface area contributed by atoms with Gasteiger partial charge in [-0.25, -0.2) is 4.39 Å². The minimum Gasteiger partial charge on any atom is -0.366 e. The summed E-state index contributed by atoms with van der Waals surface area (Å²) in [7, 11) is 0. The van der Waals surface area contributed by atoms with Crippen LogP contribution in [0, 0.1) is 5.82 Å². The third kappa shape index (κ3) is 2.84. The maximum absolute atomic E-state index is 13.9. The van der Waals surface area contributed by atoms with Crippen molar-refractivity contribution in [3.05, 3.63) is 64.7 Å². The highest BCUT2D eigenvalue weighted by Crippen LogP contribution is 2.46. The van der Waals surface area contributed by atoms with E-state index in [4.69, 9.17) is 5.73 Å². The second-order valence-electron chi connectivity index (χ2n) is 5.53. The fourth-order valence-electron chi connectivity index (χ4n) is 2.97. The number of benzene rings is 1. The molecule has 1 aromatic carbocycles. The fraction of sp³-hybridized carbons (Fsp3) is 0.250. The first-order valence-electron chi connectivity index (χ1n) is 7.12. The van der Waals surface area contributed by atoms with Crippen LogP contribution in [0.5, 0.6) is 0 Å². The van der Waals surface area contributed by atoms with Crippen LogP contribution < -0.4 is 11.1 Å². The van der Waals surface area contributed by atoms with Crippen molar-refractivity contribution >= 4 is 5.91 Å². The molecular weight excluding hydrogens is 326 g/mol. The number of fused-ring (bicyclic) bond motifs is 1. The molecule has 24 heavy (non-hydrogen) atoms. The lowest BCUT2D eigenvalue weighted by Crippen LogP contribution is -2.33. The van der Waals surface area contributed by atoms with Crippen LogP contribution in [-0.4, -0.2) is 17.1 Å². The Balaban J connectivity index is 2.07. The van der Waals surface area contributed by atoms with Crippen LogP contribution in [0.15, 0.2) is 36.5 Å². The minimum absolute atomic E-state index is 0.127. The van der Waals surface area contributed by atoms with Crippen molar-refractivity contribution in [2.45, 2.75) is 24.7 Å². The summed E-state index contributed by atoms with van der Waals surface area (Å²) in [4.78, 5) is 14.8. The predicted molar refractivity (Wildman–Crippen MR) is 77.5 cm³/mol. The zero-order valence-electron chi connectivity index (χ0n) is 12.3. The summed E-state index contributed by atoms with van der Waals surface area (Å²) < 4.78 is 54.8. The number of hydrogen-bond acceptors (Lipinski definition) is 3. The Morgan fingerprint density at radius 1 is 1.33 bits per heavy atom. The van der Waals surface area contributed by atoms with Crippen LogP contribution in [-0.2, 0) is 6.54 Å². The Morgan fingerprint density at radius 2 is 2.08 bits per heavy atom. The molecule has 8 heteroatoms. The Labute approximate surface area is 134 Å². The van der Waals surface area contributed by atoms with Gasteiger partial charge in [0.15, 0.2) is 0 Å². The van der Waals surface area contributed by atoms with E-state index in [0.29, 0.717) is 11.1 Å². The lowest BCUT2D eigenvalue weighted by atomic mass is 9.89. The average molecular weight is 339 g/mol. The summed E-state index contributed by atoms with van der Waals surface area (Å²) in [5.41, 5.74) is 5.62. The Hall–Kier alpha value is -2.48. The van der Waals surface area contributed by atoms with Crippen molar-refractivity contribution in [3.8, 4) is 0 Å². The molecule has 0 aliphatic carbocycles. The Morgan fingerprint density at radius 3 is 2.71 bits per heavy atom. The molecule has 2 atom stereocenters. The summed E-state index contributed by atoms with van der Waals surface area (Å²) in [6.07, 6.45) is -3.57. The summed E-state index contributed by atoms with van der Waals surface area (Å²) in [6.45, 7) is 0.127. The second-order valence-corrected chi connectivity index (χ2v) is 5.53. The second kappa shape index (κ2) is 5.86. The zero-order chi connectivity index (χ0) is 17.5. The van der Waals surface area contributed by atoms with E-state index in [2.05, 4.69) is 10.3 Å². The molecule has 2 aromatic rings. The van der Waals surface area contributed by atoms with Gasteiger partial charge in [0.1, 0.15) is 11.7 Å². The van der Waals surface area contributed by atoms with Gasteiger partial charge in [0.05, 0.1) is 5.69 Å². The highest BCUT2D eigenvalue weighted by molar-refractivity contribution is 5.93. The van der Waals surface area contributed by atoms with Gasteiger partial charge in [-0.1, -0.05) is 6.07 Å². The molecule has 0 spiro atoms. The zero-order valence-corrected chi connectivity index (χ0v) is 12.3. The van der Waals surface area contributed by atoms with E-state index in [0.717, 1.165) is 12.3 Å². The van der Waals surface area contributed by atoms with E-state index in [-0.39, 0.29) is 12.1 Å². The molecule has 0 radical (unpaired) electrons. The Kier molecular flexibility index (Phi) is 4.00. The molecule has 1 aliphatic heterocycles. The van der Waals surface area contributed by atoms with Crippen molar-refractivity contribution in [1.82, 2.24) is 10.3 Å². The van der Waals surface area contributed by atoms with Crippen LogP contribution in [0.25, 0.3) is 0 Å². The highest BCUT2D eigenvalue weighted by atomic mass is 19.4. The topological polar surface area (TPSA) is 68.0 Å². The van der Waals surface area contributed by atoms with E-state index in [1.807, 2.05) is 0 Å². The number of carbonyl (C=O) groups is 1. The smallest absolute Gasteiger partial charge is 0.366 e. The number of nitrogens with two attached hydrogens (primary N) is 1. The first kappa shape index (κ1) is 16.4. The molecule has 0 bridgehead atoms. The summed E-state index contributed by atoms with van der Waals surface area (Å²) in [6, 6.07) is 5.23. The lowest BCUT2D eigenvalue weighted by molar-refractivity contribution is -0.158. The standard InChI is InChI=1S/C16H13F4N3O/c17-11-2-1-5-22-14(11)12(16(18,19)20)13-10-4-3-8(15(21)24)6-9(10)7-23-13/h1-6,12-13,23H,7H2,(H2,21,24)/t12-,13?/m1/s1. The van der Waals surface area contributed by atoms with Gasteiger partial charge in [0.25, 0.3) is 0 Å². The van der Waals surface area contributed by atoms with Crippen LogP contribution in [0.2, 0.25) is 0 Å². The number of rotatable bonds is 3. The highest BCUT2D eigenvalue weighted by Gasteiger charge is 2.50. The third-order valence-electron chi connectivity index (χ3n) is 4.04. The monoisotopic (exact) mass is 339 g/mol. The molecule has 4 nitrogen and oxygen atoms in total. The first-order chi connectivity index (χ1) is 11.3. The molecule has 0 saturated carbocycles. The number of hydrogen-bond donors (Lipinski definition) is 2. The molecule has 126 valence electrons. The normalized spacial score (nSPS) is 18.2. The first-order valence-corrected chi connectivity index (χ1v) is 7.12. The Bertz CT molecular complexity index is 791. The van der Waals surface area contributed by atoms with Gasteiger partial charge >= 0.3 is 6.18 Å². The molecule has 0 saturated heterocycles. The summed E-state index contributed by atoms with van der Waals surface area (Å²) in [5.74, 6) is -3.81. The molecule has 3 rings (SSSR count). The number of amides is 1. The number of halogens is 4. The van der Waals surface area contributed by atoms with Gasteiger partial charge in [-0.15, -0.1) is 0 Å². The molecular formula is C16H13F4N3O. The summed E-state index contributed by atoms with van der Waals surface area (Å²) in [5, 5.41) is 2.74. The van der Waals surface area contributed by atoms with Gasteiger partial charge in [-0.3, -0.25) is 9.78 Å². The van der Waals surface area contributed by atoms with Gasteiger partial charge in [0.2, 0.25) is 5.91 Å². The van der Waals surface area contributed by atoms with Crippen molar-refractivity contribution < 1.29 is 22.4 Å². The van der Waals surface area contributed by atoms with Gasteiger partial charge < -0.3 is 11.1 Å². The maximum Gasteiger partial charge on any atom is 0.399 e. The van der Waals surface area contributed by atoms with Gasteiger partial charge in [-0.2, -0.15) is 13.2 Å². The largest absolute Gasteiger partial charge is 0.399 e. The van der Waals surface area contributed by atoms with Crippen molar-refractivity contribution in [1.29, 1.82) is 0 Å². The average Bonchev–Trinajstić information content (AvgIpc) is 2.91. The third-order valence-corrected chi connectivity index (χ3v) is 4.04. The minimum atomic E-state index is -4.70. The van der Waals surface area contributed by atoms with E-state index >= 15 is 0 Å². The lowest BCUT2D eigenvalue weighted by Gasteiger charge is -2.27. The number of primary amides is 1. The molecule has 1 amide bonds. The van der Waals surface area contributed by atoms with Crippen LogP contribution in [0.4, 0.5) is 17.6 Å². The van der Waals surface area contributed by atoms with Gasteiger partial charge in [0, 0.05) is 24.3 Å². The number of aromatic nitrogens is 1. The molecule has 3 N–H and O–H groups in total. The van der Waals surface area contributed by atoms with E-state index < -0.39 is 35.6 Å². The molecule has 1 aromatic heterocycles. The predicted octanol–water partition coefficient (Wildman–Crippen LogP) is 2.81. The molecule has 2 heterocycles. The van der Waals surface area contributed by atoms with Crippen LogP contribution in [0.1, 0.15) is 39.1 Å². The maximum atomic E-state index is 13.9. The van der Waals surface area contributed by atoms with Crippen molar-refractivity contribution in [3.63, 3.8) is 0 Å². The molecule has 1 unspecified atom stereocenters. The number of nitrogens with one attached hydrogen (secondary N) is 1. The fourth-order valence-corrected chi connectivity index (χ4v) is 2.97. The number of pyridine rings is 1. The number of alkyl halides is 3. The van der Waals surface area contributed by atoms with Gasteiger partial charge in [-0.05, 0) is 35.4 Å².